The van der Waals surface area contributed by atoms with Crippen molar-refractivity contribution in [2.24, 2.45) is 0 Å². The number of thiol groups is 1. The summed E-state index contributed by atoms with van der Waals surface area (Å²) >= 11 is 3.90. The number of para-hydroxylation sites is 1. The van der Waals surface area contributed by atoms with Crippen LogP contribution in [0.25, 0.3) is 0 Å². The smallest absolute Gasteiger partial charge is 1.00 e. The van der Waals surface area contributed by atoms with Crippen molar-refractivity contribution in [3.63, 3.8) is 0 Å². The summed E-state index contributed by atoms with van der Waals surface area (Å²) in [4.78, 5) is 10.1. The summed E-state index contributed by atoms with van der Waals surface area (Å²) in [5, 5.41) is 10.2. The monoisotopic (exact) mass is 310 g/mol. The Labute approximate surface area is 98.5 Å². The van der Waals surface area contributed by atoms with Crippen molar-refractivity contribution >= 4 is 42.2 Å². The summed E-state index contributed by atoms with van der Waals surface area (Å²) in [7, 11) is 0. The van der Waals surface area contributed by atoms with Crippen molar-refractivity contribution in [2.45, 2.75) is 4.90 Å². The van der Waals surface area contributed by atoms with E-state index in [9.17, 15) is 10.1 Å². The first kappa shape index (κ1) is 14.6. The van der Waals surface area contributed by atoms with E-state index in [0.29, 0.717) is 4.90 Å². The van der Waals surface area contributed by atoms with Crippen LogP contribution in [0.4, 0.5) is 5.69 Å². The molecule has 0 saturated heterocycles. The normalized spacial score (nSPS) is 7.75. The van der Waals surface area contributed by atoms with Crippen LogP contribution in [0.3, 0.4) is 0 Å². The second-order valence-electron chi connectivity index (χ2n) is 1.75. The Morgan fingerprint density at radius 1 is 1.33 bits per heavy atom. The SMILES string of the molecule is O=[N+]([O-])c1ccccc1S.[Cl-].[Sn+2]. The van der Waals surface area contributed by atoms with Gasteiger partial charge in [0.2, 0.25) is 0 Å². The molecule has 0 saturated carbocycles. The first-order valence-electron chi connectivity index (χ1n) is 2.64. The zero-order valence-electron chi connectivity index (χ0n) is 5.90. The molecule has 0 atom stereocenters. The third-order valence-corrected chi connectivity index (χ3v) is 1.46. The van der Waals surface area contributed by atoms with E-state index < -0.39 is 4.92 Å². The third-order valence-electron chi connectivity index (χ3n) is 1.08. The summed E-state index contributed by atoms with van der Waals surface area (Å²) in [5.74, 6) is 0. The van der Waals surface area contributed by atoms with Crippen molar-refractivity contribution in [1.29, 1.82) is 0 Å². The van der Waals surface area contributed by atoms with Crippen LogP contribution in [0.1, 0.15) is 0 Å². The van der Waals surface area contributed by atoms with Gasteiger partial charge in [0, 0.05) is 6.07 Å². The maximum Gasteiger partial charge on any atom is 2.00 e. The van der Waals surface area contributed by atoms with Gasteiger partial charge >= 0.3 is 23.9 Å². The molecule has 0 fully saturated rings. The summed E-state index contributed by atoms with van der Waals surface area (Å²) in [6.45, 7) is 0. The molecule has 0 aliphatic heterocycles. The predicted molar refractivity (Wildman–Crippen MR) is 46.1 cm³/mol. The fraction of sp³-hybridized carbons (Fsp3) is 0. The molecule has 0 heterocycles. The zero-order chi connectivity index (χ0) is 7.56. The molecule has 12 heavy (non-hydrogen) atoms. The molecule has 0 unspecified atom stereocenters. The van der Waals surface area contributed by atoms with Gasteiger partial charge in [0.25, 0.3) is 5.69 Å². The molecular weight excluding hydrogens is 304 g/mol. The molecule has 0 aliphatic rings. The molecule has 3 nitrogen and oxygen atoms in total. The molecule has 0 spiro atoms. The second-order valence-corrected chi connectivity index (χ2v) is 2.23. The number of nitro groups is 1. The van der Waals surface area contributed by atoms with Crippen LogP contribution in [0, 0.1) is 10.1 Å². The van der Waals surface area contributed by atoms with E-state index in [1.165, 1.54) is 6.07 Å². The van der Waals surface area contributed by atoms with E-state index in [0.717, 1.165) is 0 Å². The first-order chi connectivity index (χ1) is 4.72. The van der Waals surface area contributed by atoms with Gasteiger partial charge in [-0.2, -0.15) is 0 Å². The molecule has 1 rings (SSSR count). The average Bonchev–Trinajstić information content (AvgIpc) is 1.88. The van der Waals surface area contributed by atoms with E-state index in [2.05, 4.69) is 12.6 Å². The van der Waals surface area contributed by atoms with Gasteiger partial charge in [0.1, 0.15) is 0 Å². The maximum absolute atomic E-state index is 10.2. The van der Waals surface area contributed by atoms with Crippen LogP contribution in [0.15, 0.2) is 29.2 Å². The number of nitro benzene ring substituents is 1. The van der Waals surface area contributed by atoms with Crippen molar-refractivity contribution in [3.8, 4) is 0 Å². The van der Waals surface area contributed by atoms with Gasteiger partial charge in [-0.25, -0.2) is 0 Å². The number of nitrogens with zero attached hydrogens (tertiary/aromatic N) is 1. The number of rotatable bonds is 1. The molecule has 6 heteroatoms. The fourth-order valence-corrected chi connectivity index (χ4v) is 0.861. The Balaban J connectivity index is 0. The van der Waals surface area contributed by atoms with Crippen LogP contribution in [0.2, 0.25) is 0 Å². The van der Waals surface area contributed by atoms with Gasteiger partial charge in [-0.3, -0.25) is 10.1 Å². The van der Waals surface area contributed by atoms with Gasteiger partial charge < -0.3 is 12.4 Å². The van der Waals surface area contributed by atoms with Crippen molar-refractivity contribution < 1.29 is 17.3 Å². The number of hydrogen-bond donors (Lipinski definition) is 1. The second kappa shape index (κ2) is 6.56. The first-order valence-corrected chi connectivity index (χ1v) is 3.09. The molecule has 62 valence electrons. The Morgan fingerprint density at radius 3 is 2.17 bits per heavy atom. The topological polar surface area (TPSA) is 43.1 Å². The standard InChI is InChI=1S/C6H5NO2S.ClH.Sn/c8-7(9)5-3-1-2-4-6(5)10;;/h1-4,10H;1H;/q;;+2/p-1. The van der Waals surface area contributed by atoms with Gasteiger partial charge in [0.05, 0.1) is 9.82 Å². The Hall–Kier alpha value is 0.0587. The van der Waals surface area contributed by atoms with Crippen molar-refractivity contribution in [2.75, 3.05) is 0 Å². The molecule has 1 aromatic carbocycles. The largest absolute Gasteiger partial charge is 2.00 e. The number of hydrogen-bond acceptors (Lipinski definition) is 3. The minimum absolute atomic E-state index is 0. The molecular formula is C6H5ClNO2SSn+. The van der Waals surface area contributed by atoms with E-state index >= 15 is 0 Å². The number of halogens is 1. The predicted octanol–water partition coefficient (Wildman–Crippen LogP) is -1.49. The van der Waals surface area contributed by atoms with Crippen molar-refractivity contribution in [1.82, 2.24) is 0 Å². The Bertz CT molecular complexity index is 271. The van der Waals surface area contributed by atoms with Crippen LogP contribution in [-0.4, -0.2) is 28.8 Å². The van der Waals surface area contributed by atoms with Gasteiger partial charge in [-0.05, 0) is 6.07 Å². The zero-order valence-corrected chi connectivity index (χ0v) is 10.4. The molecule has 0 amide bonds. The van der Waals surface area contributed by atoms with Gasteiger partial charge in [-0.1, -0.05) is 12.1 Å². The van der Waals surface area contributed by atoms with Crippen LogP contribution in [-0.2, 0) is 0 Å². The van der Waals surface area contributed by atoms with Crippen molar-refractivity contribution in [3.05, 3.63) is 34.4 Å². The summed E-state index contributed by atoms with van der Waals surface area (Å²) in [6, 6.07) is 6.32. The van der Waals surface area contributed by atoms with E-state index in [4.69, 9.17) is 0 Å². The molecule has 0 aliphatic carbocycles. The fourth-order valence-electron chi connectivity index (χ4n) is 0.619. The van der Waals surface area contributed by atoms with Crippen LogP contribution in [0.5, 0.6) is 0 Å². The third kappa shape index (κ3) is 3.64. The molecule has 1 aromatic rings. The van der Waals surface area contributed by atoms with Gasteiger partial charge in [0.15, 0.2) is 0 Å². The van der Waals surface area contributed by atoms with Crippen LogP contribution < -0.4 is 12.4 Å². The quantitative estimate of drug-likeness (QED) is 0.297. The summed E-state index contributed by atoms with van der Waals surface area (Å²) in [5.41, 5.74) is 0.0471. The Morgan fingerprint density at radius 2 is 1.83 bits per heavy atom. The minimum atomic E-state index is -0.456. The maximum atomic E-state index is 10.2. The molecule has 0 aromatic heterocycles. The molecule has 0 N–H and O–H groups in total. The van der Waals surface area contributed by atoms with E-state index in [-0.39, 0.29) is 42.0 Å². The molecule has 0 bridgehead atoms. The molecule has 2 radical (unpaired) electrons. The summed E-state index contributed by atoms with van der Waals surface area (Å²) in [6.07, 6.45) is 0. The summed E-state index contributed by atoms with van der Waals surface area (Å²) < 4.78 is 0. The Kier molecular flexibility index (Phi) is 7.97. The van der Waals surface area contributed by atoms with E-state index in [1.807, 2.05) is 0 Å². The average molecular weight is 309 g/mol. The van der Waals surface area contributed by atoms with Gasteiger partial charge in [-0.15, -0.1) is 12.6 Å². The van der Waals surface area contributed by atoms with E-state index in [1.54, 1.807) is 18.2 Å². The van der Waals surface area contributed by atoms with Crippen LogP contribution >= 0.6 is 12.6 Å². The minimum Gasteiger partial charge on any atom is -1.00 e. The number of benzene rings is 1.